The van der Waals surface area contributed by atoms with E-state index in [0.29, 0.717) is 11.4 Å². The Bertz CT molecular complexity index is 811. The van der Waals surface area contributed by atoms with Crippen molar-refractivity contribution in [2.45, 2.75) is 0 Å². The number of carbonyl (C=O) groups is 1. The summed E-state index contributed by atoms with van der Waals surface area (Å²) >= 11 is 0. The monoisotopic (exact) mass is 283 g/mol. The number of ether oxygens (including phenoxy) is 1. The number of anilines is 1. The summed E-state index contributed by atoms with van der Waals surface area (Å²) in [6.07, 6.45) is 1.70. The molecule has 3 N–H and O–H groups in total. The van der Waals surface area contributed by atoms with Crippen LogP contribution in [0.1, 0.15) is 10.4 Å². The van der Waals surface area contributed by atoms with Gasteiger partial charge in [-0.15, -0.1) is 0 Å². The molecule has 1 aromatic heterocycles. The molecule has 6 nitrogen and oxygen atoms in total. The van der Waals surface area contributed by atoms with Crippen LogP contribution in [0.3, 0.4) is 0 Å². The van der Waals surface area contributed by atoms with Crippen LogP contribution < -0.4 is 10.1 Å². The lowest BCUT2D eigenvalue weighted by Crippen LogP contribution is -2.13. The summed E-state index contributed by atoms with van der Waals surface area (Å²) in [4.78, 5) is 12.3. The summed E-state index contributed by atoms with van der Waals surface area (Å²) in [5.74, 6) is -0.256. The predicted molar refractivity (Wildman–Crippen MR) is 78.7 cm³/mol. The molecule has 0 unspecified atom stereocenters. The van der Waals surface area contributed by atoms with Gasteiger partial charge in [0.2, 0.25) is 0 Å². The van der Waals surface area contributed by atoms with Crippen molar-refractivity contribution in [1.82, 2.24) is 10.2 Å². The summed E-state index contributed by atoms with van der Waals surface area (Å²) in [5, 5.41) is 20.3. The summed E-state index contributed by atoms with van der Waals surface area (Å²) < 4.78 is 5.11. The Morgan fingerprint density at radius 1 is 1.33 bits per heavy atom. The number of aromatic hydroxyl groups is 1. The SMILES string of the molecule is COc1cccc(O)c1C(=O)Nc1ccc2cn[nH]c2c1. The zero-order valence-electron chi connectivity index (χ0n) is 11.3. The van der Waals surface area contributed by atoms with Crippen LogP contribution in [0.2, 0.25) is 0 Å². The maximum absolute atomic E-state index is 12.3. The molecule has 0 spiro atoms. The van der Waals surface area contributed by atoms with Crippen LogP contribution >= 0.6 is 0 Å². The lowest BCUT2D eigenvalue weighted by molar-refractivity contribution is 0.102. The fourth-order valence-electron chi connectivity index (χ4n) is 2.13. The maximum atomic E-state index is 12.3. The molecule has 0 aliphatic rings. The van der Waals surface area contributed by atoms with Crippen LogP contribution in [0.4, 0.5) is 5.69 Å². The minimum Gasteiger partial charge on any atom is -0.507 e. The third-order valence-corrected chi connectivity index (χ3v) is 3.15. The van der Waals surface area contributed by atoms with Gasteiger partial charge in [-0.1, -0.05) is 6.07 Å². The van der Waals surface area contributed by atoms with Crippen molar-refractivity contribution in [1.29, 1.82) is 0 Å². The first-order chi connectivity index (χ1) is 10.2. The molecule has 0 bridgehead atoms. The van der Waals surface area contributed by atoms with E-state index in [2.05, 4.69) is 15.5 Å². The number of H-pyrrole nitrogens is 1. The van der Waals surface area contributed by atoms with Gasteiger partial charge in [0, 0.05) is 11.1 Å². The molecule has 1 heterocycles. The van der Waals surface area contributed by atoms with Crippen molar-refractivity contribution >= 4 is 22.5 Å². The topological polar surface area (TPSA) is 87.2 Å². The molecule has 3 rings (SSSR count). The molecule has 0 atom stereocenters. The number of nitrogens with one attached hydrogen (secondary N) is 2. The Morgan fingerprint density at radius 2 is 2.19 bits per heavy atom. The molecule has 0 saturated carbocycles. The molecular formula is C15H13N3O3. The van der Waals surface area contributed by atoms with E-state index in [-0.39, 0.29) is 11.3 Å². The summed E-state index contributed by atoms with van der Waals surface area (Å²) in [6.45, 7) is 0. The summed E-state index contributed by atoms with van der Waals surface area (Å²) in [5.41, 5.74) is 1.52. The second-order valence-corrected chi connectivity index (χ2v) is 4.48. The molecule has 0 aliphatic carbocycles. The van der Waals surface area contributed by atoms with Gasteiger partial charge in [0.15, 0.2) is 0 Å². The minimum atomic E-state index is -0.441. The van der Waals surface area contributed by atoms with Crippen molar-refractivity contribution in [3.8, 4) is 11.5 Å². The van der Waals surface area contributed by atoms with Crippen LogP contribution in [0, 0.1) is 0 Å². The maximum Gasteiger partial charge on any atom is 0.263 e. The Labute approximate surface area is 120 Å². The second-order valence-electron chi connectivity index (χ2n) is 4.48. The van der Waals surface area contributed by atoms with E-state index >= 15 is 0 Å². The van der Waals surface area contributed by atoms with Crippen molar-refractivity contribution in [2.24, 2.45) is 0 Å². The van der Waals surface area contributed by atoms with Crippen LogP contribution in [-0.2, 0) is 0 Å². The molecule has 2 aromatic carbocycles. The molecular weight excluding hydrogens is 270 g/mol. The molecule has 1 amide bonds. The number of aromatic nitrogens is 2. The number of carbonyl (C=O) groups excluding carboxylic acids is 1. The van der Waals surface area contributed by atoms with Gasteiger partial charge >= 0.3 is 0 Å². The number of hydrogen-bond donors (Lipinski definition) is 3. The molecule has 106 valence electrons. The normalized spacial score (nSPS) is 10.5. The molecule has 6 heteroatoms. The van der Waals surface area contributed by atoms with E-state index in [0.717, 1.165) is 10.9 Å². The zero-order chi connectivity index (χ0) is 14.8. The van der Waals surface area contributed by atoms with Crippen LogP contribution in [0.5, 0.6) is 11.5 Å². The first-order valence-corrected chi connectivity index (χ1v) is 6.29. The Morgan fingerprint density at radius 3 is 3.00 bits per heavy atom. The average Bonchev–Trinajstić information content (AvgIpc) is 2.94. The largest absolute Gasteiger partial charge is 0.507 e. The fourth-order valence-corrected chi connectivity index (χ4v) is 2.13. The molecule has 0 fully saturated rings. The highest BCUT2D eigenvalue weighted by Crippen LogP contribution is 2.28. The van der Waals surface area contributed by atoms with Crippen molar-refractivity contribution in [3.05, 3.63) is 48.2 Å². The third-order valence-electron chi connectivity index (χ3n) is 3.15. The Hall–Kier alpha value is -3.02. The molecule has 21 heavy (non-hydrogen) atoms. The Kier molecular flexibility index (Phi) is 3.19. The van der Waals surface area contributed by atoms with E-state index in [1.165, 1.54) is 13.2 Å². The van der Waals surface area contributed by atoms with E-state index in [1.54, 1.807) is 30.5 Å². The van der Waals surface area contributed by atoms with E-state index in [4.69, 9.17) is 4.74 Å². The van der Waals surface area contributed by atoms with E-state index in [1.807, 2.05) is 6.07 Å². The smallest absolute Gasteiger partial charge is 0.263 e. The standard InChI is InChI=1S/C15H13N3O3/c1-21-13-4-2-3-12(19)14(13)15(20)17-10-6-5-9-8-16-18-11(9)7-10/h2-8,19H,1H3,(H,16,18)(H,17,20). The highest BCUT2D eigenvalue weighted by Gasteiger charge is 2.17. The van der Waals surface area contributed by atoms with Crippen LogP contribution in [0.25, 0.3) is 10.9 Å². The van der Waals surface area contributed by atoms with E-state index < -0.39 is 5.91 Å². The van der Waals surface area contributed by atoms with Gasteiger partial charge in [-0.2, -0.15) is 5.10 Å². The van der Waals surface area contributed by atoms with Crippen molar-refractivity contribution in [2.75, 3.05) is 12.4 Å². The number of hydrogen-bond acceptors (Lipinski definition) is 4. The van der Waals surface area contributed by atoms with Gasteiger partial charge in [-0.3, -0.25) is 9.89 Å². The summed E-state index contributed by atoms with van der Waals surface area (Å²) in [6, 6.07) is 10.1. The number of aromatic amines is 1. The number of amides is 1. The quantitative estimate of drug-likeness (QED) is 0.689. The number of nitrogens with zero attached hydrogens (tertiary/aromatic N) is 1. The van der Waals surface area contributed by atoms with Crippen LogP contribution in [-0.4, -0.2) is 28.3 Å². The third kappa shape index (κ3) is 2.38. The lowest BCUT2D eigenvalue weighted by Gasteiger charge is -2.10. The highest BCUT2D eigenvalue weighted by atomic mass is 16.5. The first kappa shape index (κ1) is 13.0. The molecule has 3 aromatic rings. The highest BCUT2D eigenvalue weighted by molar-refractivity contribution is 6.08. The van der Waals surface area contributed by atoms with Gasteiger partial charge in [-0.25, -0.2) is 0 Å². The van der Waals surface area contributed by atoms with E-state index in [9.17, 15) is 9.90 Å². The summed E-state index contributed by atoms with van der Waals surface area (Å²) in [7, 11) is 1.45. The van der Waals surface area contributed by atoms with Gasteiger partial charge in [-0.05, 0) is 30.3 Å². The number of benzene rings is 2. The van der Waals surface area contributed by atoms with Gasteiger partial charge in [0.25, 0.3) is 5.91 Å². The van der Waals surface area contributed by atoms with Crippen molar-refractivity contribution < 1.29 is 14.6 Å². The molecule has 0 aliphatic heterocycles. The molecule has 0 radical (unpaired) electrons. The molecule has 0 saturated heterocycles. The zero-order valence-corrected chi connectivity index (χ0v) is 11.3. The van der Waals surface area contributed by atoms with Gasteiger partial charge in [0.05, 0.1) is 18.8 Å². The number of phenolic OH excluding ortho intramolecular Hbond substituents is 1. The number of phenols is 1. The predicted octanol–water partition coefficient (Wildman–Crippen LogP) is 2.53. The fraction of sp³-hybridized carbons (Fsp3) is 0.0667. The lowest BCUT2D eigenvalue weighted by atomic mass is 10.1. The van der Waals surface area contributed by atoms with Crippen LogP contribution in [0.15, 0.2) is 42.6 Å². The first-order valence-electron chi connectivity index (χ1n) is 6.29. The van der Waals surface area contributed by atoms with Gasteiger partial charge < -0.3 is 15.2 Å². The number of rotatable bonds is 3. The number of fused-ring (bicyclic) bond motifs is 1. The van der Waals surface area contributed by atoms with Gasteiger partial charge in [0.1, 0.15) is 17.1 Å². The number of methoxy groups -OCH3 is 1. The minimum absolute atomic E-state index is 0.102. The second kappa shape index (κ2) is 5.16. The van der Waals surface area contributed by atoms with Crippen molar-refractivity contribution in [3.63, 3.8) is 0 Å². The average molecular weight is 283 g/mol. The Balaban J connectivity index is 1.92.